The van der Waals surface area contributed by atoms with E-state index in [0.29, 0.717) is 0 Å². The van der Waals surface area contributed by atoms with Crippen LogP contribution in [0, 0.1) is 0 Å². The van der Waals surface area contributed by atoms with Crippen LogP contribution in [0.1, 0.15) is 0 Å². The van der Waals surface area contributed by atoms with Crippen LogP contribution in [0.3, 0.4) is 0 Å². The van der Waals surface area contributed by atoms with Crippen LogP contribution in [-0.2, 0) is 4.63 Å². The molecule has 0 aliphatic heterocycles. The molecule has 0 aromatic carbocycles. The Morgan fingerprint density at radius 3 is 1.38 bits per heavy atom. The molecular formula is H9AlFNO4Si. The molecule has 8 heteroatoms. The second-order valence-corrected chi connectivity index (χ2v) is 1.95. The molecule has 0 atom stereocenters. The minimum atomic E-state index is -4.80. The Morgan fingerprint density at radius 2 is 1.38 bits per heavy atom. The average Bonchev–Trinajstić information content (AvgIpc) is 1.35. The zero-order valence-corrected chi connectivity index (χ0v) is 4.33. The molecular weight excluding hydrogens is 152 g/mol. The highest BCUT2D eigenvalue weighted by Gasteiger charge is 2.31. The summed E-state index contributed by atoms with van der Waals surface area (Å²) in [7, 11) is -4.80. The van der Waals surface area contributed by atoms with E-state index in [1.807, 2.05) is 0 Å². The van der Waals surface area contributed by atoms with Crippen molar-refractivity contribution < 1.29 is 23.5 Å². The van der Waals surface area contributed by atoms with Crippen molar-refractivity contribution in [3.8, 4) is 0 Å². The monoisotopic (exact) mass is 161 g/mol. The molecule has 8 heavy (non-hydrogen) atoms. The second kappa shape index (κ2) is 5.61. The van der Waals surface area contributed by atoms with Gasteiger partial charge in [-0.3, -0.25) is 0 Å². The Balaban J connectivity index is -0.000000125. The van der Waals surface area contributed by atoms with Gasteiger partial charge in [-0.1, -0.05) is 4.53 Å². The van der Waals surface area contributed by atoms with E-state index in [0.717, 1.165) is 0 Å². The van der Waals surface area contributed by atoms with E-state index in [4.69, 9.17) is 14.4 Å². The van der Waals surface area contributed by atoms with E-state index in [2.05, 4.69) is 4.63 Å². The zero-order valence-electron chi connectivity index (χ0n) is 3.33. The highest BCUT2D eigenvalue weighted by molar-refractivity contribution is 6.48. The fourth-order valence-corrected chi connectivity index (χ4v) is 0. The lowest BCUT2D eigenvalue weighted by Crippen LogP contribution is -2.35. The maximum absolute atomic E-state index is 10.3. The van der Waals surface area contributed by atoms with Crippen molar-refractivity contribution in [2.75, 3.05) is 0 Å². The quantitative estimate of drug-likeness (QED) is 0.313. The van der Waals surface area contributed by atoms with Crippen molar-refractivity contribution in [2.45, 2.75) is 0 Å². The van der Waals surface area contributed by atoms with Crippen LogP contribution in [0.5, 0.6) is 0 Å². The summed E-state index contributed by atoms with van der Waals surface area (Å²) in [6.07, 6.45) is 0. The van der Waals surface area contributed by atoms with Gasteiger partial charge < -0.3 is 20.5 Å². The summed E-state index contributed by atoms with van der Waals surface area (Å²) in [5.74, 6) is 0. The Kier molecular flexibility index (Phi) is 11.1. The Hall–Kier alpha value is 0.479. The van der Waals surface area contributed by atoms with Gasteiger partial charge in [0.2, 0.25) is 0 Å². The van der Waals surface area contributed by atoms with E-state index in [9.17, 15) is 4.53 Å². The normalized spacial score (nSPS) is 9.00. The van der Waals surface area contributed by atoms with E-state index < -0.39 is 9.05 Å². The zero-order chi connectivity index (χ0) is 5.21. The highest BCUT2D eigenvalue weighted by Crippen LogP contribution is 1.85. The first kappa shape index (κ1) is 15.8. The number of rotatable bonds is 1. The van der Waals surface area contributed by atoms with Crippen molar-refractivity contribution in [1.29, 1.82) is 0 Å². The van der Waals surface area contributed by atoms with Gasteiger partial charge in [0.15, 0.2) is 17.4 Å². The van der Waals surface area contributed by atoms with Crippen LogP contribution in [0.15, 0.2) is 0 Å². The van der Waals surface area contributed by atoms with Gasteiger partial charge in [0.05, 0.1) is 0 Å². The Bertz CT molecular complexity index is 45.8. The molecule has 0 aromatic heterocycles. The van der Waals surface area contributed by atoms with Gasteiger partial charge in [-0.25, -0.2) is 0 Å². The molecule has 0 aromatic rings. The average molecular weight is 161 g/mol. The summed E-state index contributed by atoms with van der Waals surface area (Å²) >= 11 is 0. The molecule has 0 aliphatic rings. The van der Waals surface area contributed by atoms with Crippen molar-refractivity contribution in [3.05, 3.63) is 0 Å². The van der Waals surface area contributed by atoms with E-state index in [1.165, 1.54) is 0 Å². The van der Waals surface area contributed by atoms with E-state index >= 15 is 0 Å². The van der Waals surface area contributed by atoms with Gasteiger partial charge in [0, 0.05) is 0 Å². The summed E-state index contributed by atoms with van der Waals surface area (Å²) in [6, 6.07) is 0. The Morgan fingerprint density at radius 1 is 1.25 bits per heavy atom. The molecule has 5 nitrogen and oxygen atoms in total. The van der Waals surface area contributed by atoms with Crippen molar-refractivity contribution in [2.24, 2.45) is 0 Å². The molecule has 0 heterocycles. The number of halogens is 1. The predicted octanol–water partition coefficient (Wildman–Crippen LogP) is -2.72. The molecule has 0 unspecified atom stereocenters. The minimum absolute atomic E-state index is 0. The molecule has 0 amide bonds. The molecule has 0 spiro atoms. The van der Waals surface area contributed by atoms with Gasteiger partial charge in [-0.05, 0) is 0 Å². The standard InChI is InChI=1S/Al.FH3O4Si.H3N.3H/c;1-5-6(2,3)4;;;;/h;2-4H;1H3;;;. The molecule has 0 rings (SSSR count). The molecule has 0 saturated carbocycles. The third-order valence-electron chi connectivity index (χ3n) is 0.104. The Labute approximate surface area is 56.8 Å². The molecule has 6 N–H and O–H groups in total. The summed E-state index contributed by atoms with van der Waals surface area (Å²) in [5, 5.41) is 0. The van der Waals surface area contributed by atoms with Crippen LogP contribution in [0.4, 0.5) is 4.53 Å². The number of hydrogen-bond donors (Lipinski definition) is 4. The maximum atomic E-state index is 10.3. The summed E-state index contributed by atoms with van der Waals surface area (Å²) in [6.45, 7) is 0. The topological polar surface area (TPSA) is 105 Å². The van der Waals surface area contributed by atoms with Crippen LogP contribution in [0.2, 0.25) is 0 Å². The fourth-order valence-electron chi connectivity index (χ4n) is 0. The van der Waals surface area contributed by atoms with E-state index in [1.54, 1.807) is 0 Å². The van der Waals surface area contributed by atoms with Gasteiger partial charge in [0.25, 0.3) is 0 Å². The first-order valence-electron chi connectivity index (χ1n) is 1.03. The van der Waals surface area contributed by atoms with Crippen molar-refractivity contribution in [1.82, 2.24) is 6.15 Å². The van der Waals surface area contributed by atoms with Crippen LogP contribution >= 0.6 is 0 Å². The molecule has 0 radical (unpaired) electrons. The molecule has 0 aliphatic carbocycles. The SMILES string of the molecule is N.O[Si](O)(O)OF.[AlH3]. The minimum Gasteiger partial charge on any atom is -0.366 e. The molecule has 52 valence electrons. The van der Waals surface area contributed by atoms with Gasteiger partial charge in [-0.2, -0.15) is 4.63 Å². The van der Waals surface area contributed by atoms with Crippen LogP contribution in [-0.4, -0.2) is 40.8 Å². The van der Waals surface area contributed by atoms with Crippen LogP contribution in [0.25, 0.3) is 0 Å². The molecule has 0 saturated heterocycles. The van der Waals surface area contributed by atoms with E-state index in [-0.39, 0.29) is 23.5 Å². The van der Waals surface area contributed by atoms with Crippen LogP contribution < -0.4 is 6.15 Å². The lowest BCUT2D eigenvalue weighted by atomic mass is 14.0. The highest BCUT2D eigenvalue weighted by atomic mass is 28.4. The summed E-state index contributed by atoms with van der Waals surface area (Å²) in [4.78, 5) is 22.4. The smallest absolute Gasteiger partial charge is 0.366 e. The maximum Gasteiger partial charge on any atom is 0.703 e. The fraction of sp³-hybridized carbons (Fsp3) is 0. The number of hydrogen-bond acceptors (Lipinski definition) is 5. The summed E-state index contributed by atoms with van der Waals surface area (Å²) < 4.78 is 12.6. The van der Waals surface area contributed by atoms with Gasteiger partial charge in [0.1, 0.15) is 0 Å². The first-order valence-corrected chi connectivity index (χ1v) is 2.78. The van der Waals surface area contributed by atoms with Crippen molar-refractivity contribution in [3.63, 3.8) is 0 Å². The van der Waals surface area contributed by atoms with Gasteiger partial charge >= 0.3 is 9.05 Å². The lowest BCUT2D eigenvalue weighted by molar-refractivity contribution is -0.111. The third kappa shape index (κ3) is 16.1. The lowest BCUT2D eigenvalue weighted by Gasteiger charge is -1.96. The third-order valence-corrected chi connectivity index (χ3v) is 0.311. The largest absolute Gasteiger partial charge is 0.703 e. The summed E-state index contributed by atoms with van der Waals surface area (Å²) in [5.41, 5.74) is 0. The molecule has 0 fully saturated rings. The second-order valence-electron chi connectivity index (χ2n) is 0.651. The van der Waals surface area contributed by atoms with Gasteiger partial charge in [-0.15, -0.1) is 0 Å². The first-order chi connectivity index (χ1) is 2.56. The van der Waals surface area contributed by atoms with Crippen molar-refractivity contribution >= 4 is 26.4 Å². The molecule has 0 bridgehead atoms. The predicted molar refractivity (Wildman–Crippen MR) is 29.6 cm³/mol.